The van der Waals surface area contributed by atoms with Crippen molar-refractivity contribution in [3.05, 3.63) is 17.5 Å². The zero-order valence-corrected chi connectivity index (χ0v) is 8.99. The Morgan fingerprint density at radius 2 is 2.29 bits per heavy atom. The van der Waals surface area contributed by atoms with E-state index in [-0.39, 0.29) is 6.10 Å². The Labute approximate surface area is 84.4 Å². The molecule has 0 saturated carbocycles. The van der Waals surface area contributed by atoms with Gasteiger partial charge in [0.25, 0.3) is 0 Å². The highest BCUT2D eigenvalue weighted by Crippen LogP contribution is 2.22. The first kappa shape index (κ1) is 11.2. The van der Waals surface area contributed by atoms with Gasteiger partial charge in [0.2, 0.25) is 0 Å². The van der Waals surface area contributed by atoms with Crippen LogP contribution in [0.4, 0.5) is 0 Å². The lowest BCUT2D eigenvalue weighted by atomic mass is 10.1. The third kappa shape index (κ3) is 2.56. The van der Waals surface area contributed by atoms with Crippen molar-refractivity contribution in [2.75, 3.05) is 13.7 Å². The average Bonchev–Trinajstić information content (AvgIpc) is 2.63. The Balaban J connectivity index is 2.73. The van der Waals surface area contributed by atoms with E-state index in [0.29, 0.717) is 12.5 Å². The van der Waals surface area contributed by atoms with Crippen molar-refractivity contribution in [3.63, 3.8) is 0 Å². The minimum atomic E-state index is -0.0451. The summed E-state index contributed by atoms with van der Waals surface area (Å²) >= 11 is 0. The van der Waals surface area contributed by atoms with Crippen molar-refractivity contribution >= 4 is 0 Å². The van der Waals surface area contributed by atoms with E-state index in [1.54, 1.807) is 7.11 Å². The molecule has 0 amide bonds. The SMILES string of the molecule is COC(CCN)c1cc(C(C)C)on1. The normalized spacial score (nSPS) is 13.5. The summed E-state index contributed by atoms with van der Waals surface area (Å²) in [5.41, 5.74) is 6.31. The molecular weight excluding hydrogens is 180 g/mol. The molecule has 0 fully saturated rings. The van der Waals surface area contributed by atoms with Crippen molar-refractivity contribution in [1.82, 2.24) is 5.16 Å². The van der Waals surface area contributed by atoms with E-state index >= 15 is 0 Å². The van der Waals surface area contributed by atoms with Gasteiger partial charge in [-0.2, -0.15) is 0 Å². The summed E-state index contributed by atoms with van der Waals surface area (Å²) in [5.74, 6) is 1.24. The van der Waals surface area contributed by atoms with E-state index in [9.17, 15) is 0 Å². The molecule has 0 saturated heterocycles. The highest BCUT2D eigenvalue weighted by Gasteiger charge is 2.16. The third-order valence-corrected chi connectivity index (χ3v) is 2.16. The van der Waals surface area contributed by atoms with E-state index in [1.807, 2.05) is 6.07 Å². The van der Waals surface area contributed by atoms with E-state index in [1.165, 1.54) is 0 Å². The maximum absolute atomic E-state index is 5.47. The van der Waals surface area contributed by atoms with E-state index in [4.69, 9.17) is 15.0 Å². The molecule has 1 atom stereocenters. The fourth-order valence-electron chi connectivity index (χ4n) is 1.27. The molecule has 0 aliphatic carbocycles. The Morgan fingerprint density at radius 1 is 1.57 bits per heavy atom. The fraction of sp³-hybridized carbons (Fsp3) is 0.700. The van der Waals surface area contributed by atoms with Gasteiger partial charge in [-0.3, -0.25) is 0 Å². The highest BCUT2D eigenvalue weighted by atomic mass is 16.5. The number of rotatable bonds is 5. The zero-order valence-electron chi connectivity index (χ0n) is 8.99. The topological polar surface area (TPSA) is 61.3 Å². The van der Waals surface area contributed by atoms with Crippen LogP contribution in [0, 0.1) is 0 Å². The number of methoxy groups -OCH3 is 1. The molecule has 14 heavy (non-hydrogen) atoms. The Hall–Kier alpha value is -0.870. The summed E-state index contributed by atoms with van der Waals surface area (Å²) in [4.78, 5) is 0. The molecule has 0 aliphatic rings. The summed E-state index contributed by atoms with van der Waals surface area (Å²) in [6, 6.07) is 1.94. The van der Waals surface area contributed by atoms with Crippen molar-refractivity contribution in [1.29, 1.82) is 0 Å². The second kappa shape index (κ2) is 5.12. The first-order valence-corrected chi connectivity index (χ1v) is 4.88. The minimum Gasteiger partial charge on any atom is -0.375 e. The van der Waals surface area contributed by atoms with Crippen molar-refractivity contribution in [3.8, 4) is 0 Å². The quantitative estimate of drug-likeness (QED) is 0.784. The predicted molar refractivity (Wildman–Crippen MR) is 54.0 cm³/mol. The molecule has 0 bridgehead atoms. The first-order valence-electron chi connectivity index (χ1n) is 4.88. The number of hydrogen-bond donors (Lipinski definition) is 1. The van der Waals surface area contributed by atoms with Crippen LogP contribution in [0.1, 0.15) is 43.7 Å². The molecule has 1 heterocycles. The van der Waals surface area contributed by atoms with Crippen LogP contribution in [0.3, 0.4) is 0 Å². The molecule has 0 aliphatic heterocycles. The average molecular weight is 198 g/mol. The lowest BCUT2D eigenvalue weighted by molar-refractivity contribution is 0.0910. The lowest BCUT2D eigenvalue weighted by Gasteiger charge is -2.09. The third-order valence-electron chi connectivity index (χ3n) is 2.16. The number of ether oxygens (including phenoxy) is 1. The van der Waals surface area contributed by atoms with E-state index < -0.39 is 0 Å². The fourth-order valence-corrected chi connectivity index (χ4v) is 1.27. The van der Waals surface area contributed by atoms with Crippen LogP contribution in [0.5, 0.6) is 0 Å². The largest absolute Gasteiger partial charge is 0.375 e. The standard InChI is InChI=1S/C10H18N2O2/c1-7(2)10-6-8(12-14-10)9(13-3)4-5-11/h6-7,9H,4-5,11H2,1-3H3. The van der Waals surface area contributed by atoms with Gasteiger partial charge in [-0.1, -0.05) is 19.0 Å². The van der Waals surface area contributed by atoms with Crippen LogP contribution in [-0.2, 0) is 4.74 Å². The Morgan fingerprint density at radius 3 is 2.71 bits per heavy atom. The minimum absolute atomic E-state index is 0.0451. The lowest BCUT2D eigenvalue weighted by Crippen LogP contribution is -2.09. The molecule has 2 N–H and O–H groups in total. The van der Waals surface area contributed by atoms with E-state index in [0.717, 1.165) is 17.9 Å². The second-order valence-electron chi connectivity index (χ2n) is 3.61. The molecule has 1 unspecified atom stereocenters. The molecule has 0 spiro atoms. The monoisotopic (exact) mass is 198 g/mol. The van der Waals surface area contributed by atoms with Gasteiger partial charge >= 0.3 is 0 Å². The Kier molecular flexibility index (Phi) is 4.10. The second-order valence-corrected chi connectivity index (χ2v) is 3.61. The van der Waals surface area contributed by atoms with Crippen molar-refractivity contribution < 1.29 is 9.26 Å². The molecule has 4 nitrogen and oxygen atoms in total. The van der Waals surface area contributed by atoms with Crippen LogP contribution in [0.2, 0.25) is 0 Å². The highest BCUT2D eigenvalue weighted by molar-refractivity contribution is 5.11. The van der Waals surface area contributed by atoms with Gasteiger partial charge in [0.15, 0.2) is 0 Å². The van der Waals surface area contributed by atoms with E-state index in [2.05, 4.69) is 19.0 Å². The van der Waals surface area contributed by atoms with Gasteiger partial charge < -0.3 is 15.0 Å². The van der Waals surface area contributed by atoms with Crippen LogP contribution in [-0.4, -0.2) is 18.8 Å². The molecule has 1 aromatic rings. The summed E-state index contributed by atoms with van der Waals surface area (Å²) in [7, 11) is 1.66. The number of nitrogens with two attached hydrogens (primary N) is 1. The van der Waals surface area contributed by atoms with Gasteiger partial charge in [0, 0.05) is 19.1 Å². The predicted octanol–water partition coefficient (Wildman–Crippen LogP) is 1.83. The zero-order chi connectivity index (χ0) is 10.6. The molecule has 80 valence electrons. The number of aromatic nitrogens is 1. The molecule has 1 aromatic heterocycles. The van der Waals surface area contributed by atoms with Crippen molar-refractivity contribution in [2.45, 2.75) is 32.3 Å². The maximum atomic E-state index is 5.47. The van der Waals surface area contributed by atoms with Crippen LogP contribution in [0.25, 0.3) is 0 Å². The molecule has 0 radical (unpaired) electrons. The molecular formula is C10H18N2O2. The summed E-state index contributed by atoms with van der Waals surface area (Å²) < 4.78 is 10.5. The van der Waals surface area contributed by atoms with Crippen LogP contribution >= 0.6 is 0 Å². The molecule has 0 aromatic carbocycles. The number of nitrogens with zero attached hydrogens (tertiary/aromatic N) is 1. The van der Waals surface area contributed by atoms with Crippen LogP contribution < -0.4 is 5.73 Å². The Bertz CT molecular complexity index is 271. The van der Waals surface area contributed by atoms with Gasteiger partial charge in [-0.05, 0) is 13.0 Å². The summed E-state index contributed by atoms with van der Waals surface area (Å²) in [6.45, 7) is 4.71. The molecule has 1 rings (SSSR count). The van der Waals surface area contributed by atoms with Gasteiger partial charge in [-0.15, -0.1) is 0 Å². The van der Waals surface area contributed by atoms with Gasteiger partial charge in [0.1, 0.15) is 17.6 Å². The first-order chi connectivity index (χ1) is 6.69. The van der Waals surface area contributed by atoms with Crippen molar-refractivity contribution in [2.24, 2.45) is 5.73 Å². The summed E-state index contributed by atoms with van der Waals surface area (Å²) in [6.07, 6.45) is 0.719. The number of hydrogen-bond acceptors (Lipinski definition) is 4. The van der Waals surface area contributed by atoms with Crippen LogP contribution in [0.15, 0.2) is 10.6 Å². The van der Waals surface area contributed by atoms with Gasteiger partial charge in [-0.25, -0.2) is 0 Å². The summed E-state index contributed by atoms with van der Waals surface area (Å²) in [5, 5.41) is 3.97. The maximum Gasteiger partial charge on any atom is 0.139 e. The van der Waals surface area contributed by atoms with Gasteiger partial charge in [0.05, 0.1) is 0 Å². The smallest absolute Gasteiger partial charge is 0.139 e. The molecule has 4 heteroatoms.